The van der Waals surface area contributed by atoms with Gasteiger partial charge in [-0.05, 0) is 31.2 Å². The smallest absolute Gasteiger partial charge is 0.434 e. The summed E-state index contributed by atoms with van der Waals surface area (Å²) in [5, 5.41) is 0. The molecule has 0 aliphatic heterocycles. The van der Waals surface area contributed by atoms with Gasteiger partial charge < -0.3 is 9.47 Å². The molecule has 0 heterocycles. The molecular formula is C16H24O3. The van der Waals surface area contributed by atoms with Crippen LogP contribution in [0.1, 0.15) is 44.6 Å². The molecule has 1 aromatic carbocycles. The van der Waals surface area contributed by atoms with Gasteiger partial charge in [0.15, 0.2) is 0 Å². The molecule has 0 amide bonds. The SMILES string of the molecule is CCCCCOC(=O)OCCCCc1ccccc1. The fraction of sp³-hybridized carbons (Fsp3) is 0.562. The van der Waals surface area contributed by atoms with E-state index in [0.29, 0.717) is 13.2 Å². The molecule has 0 aliphatic rings. The summed E-state index contributed by atoms with van der Waals surface area (Å²) < 4.78 is 9.95. The second kappa shape index (κ2) is 10.4. The molecule has 0 saturated carbocycles. The maximum Gasteiger partial charge on any atom is 0.508 e. The Morgan fingerprint density at radius 2 is 1.58 bits per heavy atom. The summed E-state index contributed by atoms with van der Waals surface area (Å²) in [6.45, 7) is 3.03. The van der Waals surface area contributed by atoms with Crippen LogP contribution in [0.2, 0.25) is 0 Å². The number of unbranched alkanes of at least 4 members (excludes halogenated alkanes) is 3. The largest absolute Gasteiger partial charge is 0.508 e. The van der Waals surface area contributed by atoms with Gasteiger partial charge in [0, 0.05) is 0 Å². The van der Waals surface area contributed by atoms with E-state index < -0.39 is 6.16 Å². The third-order valence-electron chi connectivity index (χ3n) is 2.89. The second-order valence-electron chi connectivity index (χ2n) is 4.60. The Kier molecular flexibility index (Phi) is 8.52. The van der Waals surface area contributed by atoms with Crippen LogP contribution < -0.4 is 0 Å². The molecule has 0 aromatic heterocycles. The van der Waals surface area contributed by atoms with Gasteiger partial charge in [-0.3, -0.25) is 0 Å². The Hall–Kier alpha value is -1.51. The number of carbonyl (C=O) groups is 1. The summed E-state index contributed by atoms with van der Waals surface area (Å²) in [6.07, 6.45) is 5.51. The minimum atomic E-state index is -0.532. The van der Waals surface area contributed by atoms with Gasteiger partial charge in [0.2, 0.25) is 0 Å². The predicted molar refractivity (Wildman–Crippen MR) is 76.2 cm³/mol. The lowest BCUT2D eigenvalue weighted by Gasteiger charge is -2.06. The Bertz CT molecular complexity index is 335. The van der Waals surface area contributed by atoms with E-state index in [1.807, 2.05) is 18.2 Å². The Balaban J connectivity index is 1.94. The standard InChI is InChI=1S/C16H24O3/c1-2-3-8-13-18-16(17)19-14-9-7-12-15-10-5-4-6-11-15/h4-6,10-11H,2-3,7-9,12-14H2,1H3. The van der Waals surface area contributed by atoms with Crippen LogP contribution in [0.3, 0.4) is 0 Å². The third-order valence-corrected chi connectivity index (χ3v) is 2.89. The third kappa shape index (κ3) is 8.25. The number of benzene rings is 1. The summed E-state index contributed by atoms with van der Waals surface area (Å²) >= 11 is 0. The van der Waals surface area contributed by atoms with Crippen LogP contribution in [-0.2, 0) is 15.9 Å². The second-order valence-corrected chi connectivity index (χ2v) is 4.60. The van der Waals surface area contributed by atoms with Crippen molar-refractivity contribution in [1.82, 2.24) is 0 Å². The first-order valence-corrected chi connectivity index (χ1v) is 7.16. The average Bonchev–Trinajstić information content (AvgIpc) is 2.44. The topological polar surface area (TPSA) is 35.5 Å². The highest BCUT2D eigenvalue weighted by atomic mass is 16.7. The van der Waals surface area contributed by atoms with E-state index in [1.54, 1.807) is 0 Å². The Morgan fingerprint density at radius 3 is 2.21 bits per heavy atom. The van der Waals surface area contributed by atoms with Gasteiger partial charge in [0.25, 0.3) is 0 Å². The summed E-state index contributed by atoms with van der Waals surface area (Å²) in [6, 6.07) is 10.3. The van der Waals surface area contributed by atoms with Crippen LogP contribution in [-0.4, -0.2) is 19.4 Å². The minimum absolute atomic E-state index is 0.444. The molecule has 1 aromatic rings. The zero-order valence-corrected chi connectivity index (χ0v) is 11.8. The van der Waals surface area contributed by atoms with Crippen molar-refractivity contribution >= 4 is 6.16 Å². The van der Waals surface area contributed by atoms with Crippen molar-refractivity contribution < 1.29 is 14.3 Å². The molecule has 0 fully saturated rings. The molecule has 0 atom stereocenters. The fourth-order valence-electron chi connectivity index (χ4n) is 1.78. The summed E-state index contributed by atoms with van der Waals surface area (Å²) in [5.74, 6) is 0. The van der Waals surface area contributed by atoms with Crippen molar-refractivity contribution in [3.63, 3.8) is 0 Å². The van der Waals surface area contributed by atoms with E-state index in [2.05, 4.69) is 19.1 Å². The van der Waals surface area contributed by atoms with Crippen LogP contribution in [0.15, 0.2) is 30.3 Å². The van der Waals surface area contributed by atoms with Crippen molar-refractivity contribution in [1.29, 1.82) is 0 Å². The molecule has 1 rings (SSSR count). The summed E-state index contributed by atoms with van der Waals surface area (Å²) in [5.41, 5.74) is 1.32. The summed E-state index contributed by atoms with van der Waals surface area (Å²) in [4.78, 5) is 11.2. The first-order chi connectivity index (χ1) is 9.33. The molecule has 0 N–H and O–H groups in total. The molecule has 0 bridgehead atoms. The van der Waals surface area contributed by atoms with Crippen molar-refractivity contribution in [2.45, 2.75) is 45.4 Å². The van der Waals surface area contributed by atoms with Crippen LogP contribution in [0.4, 0.5) is 4.79 Å². The monoisotopic (exact) mass is 264 g/mol. The van der Waals surface area contributed by atoms with Gasteiger partial charge in [-0.2, -0.15) is 0 Å². The molecule has 0 spiro atoms. The van der Waals surface area contributed by atoms with Gasteiger partial charge >= 0.3 is 6.16 Å². The molecule has 0 aliphatic carbocycles. The van der Waals surface area contributed by atoms with Crippen molar-refractivity contribution in [2.75, 3.05) is 13.2 Å². The maximum atomic E-state index is 11.2. The van der Waals surface area contributed by atoms with Gasteiger partial charge in [-0.1, -0.05) is 50.1 Å². The van der Waals surface area contributed by atoms with Gasteiger partial charge in [-0.15, -0.1) is 0 Å². The van der Waals surface area contributed by atoms with Gasteiger partial charge in [0.05, 0.1) is 13.2 Å². The summed E-state index contributed by atoms with van der Waals surface area (Å²) in [7, 11) is 0. The van der Waals surface area contributed by atoms with E-state index in [-0.39, 0.29) is 0 Å². The van der Waals surface area contributed by atoms with E-state index in [9.17, 15) is 4.79 Å². The van der Waals surface area contributed by atoms with Crippen molar-refractivity contribution in [2.24, 2.45) is 0 Å². The van der Waals surface area contributed by atoms with Crippen molar-refractivity contribution in [3.05, 3.63) is 35.9 Å². The van der Waals surface area contributed by atoms with Crippen LogP contribution >= 0.6 is 0 Å². The molecule has 3 heteroatoms. The zero-order valence-electron chi connectivity index (χ0n) is 11.8. The predicted octanol–water partition coefficient (Wildman–Crippen LogP) is 4.35. The zero-order chi connectivity index (χ0) is 13.8. The average molecular weight is 264 g/mol. The number of ether oxygens (including phenoxy) is 2. The number of hydrogen-bond donors (Lipinski definition) is 0. The highest BCUT2D eigenvalue weighted by molar-refractivity contribution is 5.59. The lowest BCUT2D eigenvalue weighted by atomic mass is 10.1. The first-order valence-electron chi connectivity index (χ1n) is 7.16. The van der Waals surface area contributed by atoms with Gasteiger partial charge in [-0.25, -0.2) is 4.79 Å². The minimum Gasteiger partial charge on any atom is -0.434 e. The highest BCUT2D eigenvalue weighted by Crippen LogP contribution is 2.04. The maximum absolute atomic E-state index is 11.2. The Morgan fingerprint density at radius 1 is 0.947 bits per heavy atom. The van der Waals surface area contributed by atoms with Crippen molar-refractivity contribution in [3.8, 4) is 0 Å². The Labute approximate surface area is 115 Å². The quantitative estimate of drug-likeness (QED) is 0.491. The molecule has 0 radical (unpaired) electrons. The normalized spacial score (nSPS) is 10.2. The van der Waals surface area contributed by atoms with Crippen LogP contribution in [0, 0.1) is 0 Å². The molecule has 19 heavy (non-hydrogen) atoms. The van der Waals surface area contributed by atoms with E-state index >= 15 is 0 Å². The molecule has 0 unspecified atom stereocenters. The molecular weight excluding hydrogens is 240 g/mol. The molecule has 106 valence electrons. The first kappa shape index (κ1) is 15.5. The highest BCUT2D eigenvalue weighted by Gasteiger charge is 2.02. The fourth-order valence-corrected chi connectivity index (χ4v) is 1.78. The molecule has 0 saturated heterocycles. The van der Waals surface area contributed by atoms with Crippen LogP contribution in [0.5, 0.6) is 0 Å². The number of aryl methyl sites for hydroxylation is 1. The number of carbonyl (C=O) groups excluding carboxylic acids is 1. The number of rotatable bonds is 9. The molecule has 3 nitrogen and oxygen atoms in total. The van der Waals surface area contributed by atoms with Gasteiger partial charge in [0.1, 0.15) is 0 Å². The van der Waals surface area contributed by atoms with Crippen LogP contribution in [0.25, 0.3) is 0 Å². The van der Waals surface area contributed by atoms with E-state index in [0.717, 1.165) is 38.5 Å². The lowest BCUT2D eigenvalue weighted by Crippen LogP contribution is -2.09. The number of hydrogen-bond acceptors (Lipinski definition) is 3. The lowest BCUT2D eigenvalue weighted by molar-refractivity contribution is 0.0531. The van der Waals surface area contributed by atoms with E-state index in [4.69, 9.17) is 9.47 Å². The van der Waals surface area contributed by atoms with E-state index in [1.165, 1.54) is 5.56 Å².